The van der Waals surface area contributed by atoms with Gasteiger partial charge in [-0.1, -0.05) is 30.3 Å². The molecule has 4 heteroatoms. The van der Waals surface area contributed by atoms with Gasteiger partial charge in [-0.15, -0.1) is 0 Å². The van der Waals surface area contributed by atoms with E-state index in [0.717, 1.165) is 6.54 Å². The summed E-state index contributed by atoms with van der Waals surface area (Å²) in [5.41, 5.74) is 3.11. The summed E-state index contributed by atoms with van der Waals surface area (Å²) < 4.78 is 5.10. The lowest BCUT2D eigenvalue weighted by Crippen LogP contribution is -2.12. The van der Waals surface area contributed by atoms with Crippen molar-refractivity contribution in [3.8, 4) is 11.5 Å². The van der Waals surface area contributed by atoms with Crippen LogP contribution in [0.25, 0.3) is 0 Å². The van der Waals surface area contributed by atoms with Gasteiger partial charge in [0.25, 0.3) is 0 Å². The van der Waals surface area contributed by atoms with Crippen LogP contribution in [0.2, 0.25) is 0 Å². The number of hydrogen-bond donors (Lipinski definition) is 1. The first-order valence-electron chi connectivity index (χ1n) is 7.19. The monoisotopic (exact) mass is 298 g/mol. The van der Waals surface area contributed by atoms with Crippen molar-refractivity contribution in [2.24, 2.45) is 4.99 Å². The molecule has 4 nitrogen and oxygen atoms in total. The Morgan fingerprint density at radius 3 is 2.50 bits per heavy atom. The number of para-hydroxylation sites is 1. The van der Waals surface area contributed by atoms with Gasteiger partial charge in [-0.2, -0.15) is 0 Å². The number of nitrogens with zero attached hydrogens (tertiary/aromatic N) is 2. The second kappa shape index (κ2) is 7.61. The zero-order valence-corrected chi connectivity index (χ0v) is 13.3. The fourth-order valence-electron chi connectivity index (χ4n) is 2.26. The molecule has 0 amide bonds. The Kier molecular flexibility index (Phi) is 5.55. The standard InChI is InChI=1S/C18H22N2O2/c1-20(2)13-16-8-5-4-7-14(16)11-19-12-15-9-6-10-17(22-3)18(15)21/h4-10,12,21H,11,13H2,1-3H3. The molecule has 0 aliphatic rings. The minimum absolute atomic E-state index is 0.121. The van der Waals surface area contributed by atoms with Gasteiger partial charge < -0.3 is 14.7 Å². The second-order valence-electron chi connectivity index (χ2n) is 5.37. The molecule has 0 bridgehead atoms. The third-order valence-corrected chi connectivity index (χ3v) is 3.35. The highest BCUT2D eigenvalue weighted by Gasteiger charge is 2.05. The van der Waals surface area contributed by atoms with Crippen LogP contribution in [0.1, 0.15) is 16.7 Å². The number of rotatable bonds is 6. The number of hydrogen-bond acceptors (Lipinski definition) is 4. The molecule has 2 aromatic carbocycles. The maximum Gasteiger partial charge on any atom is 0.166 e. The fourth-order valence-corrected chi connectivity index (χ4v) is 2.26. The van der Waals surface area contributed by atoms with Gasteiger partial charge in [0, 0.05) is 18.3 Å². The lowest BCUT2D eigenvalue weighted by molar-refractivity contribution is 0.373. The van der Waals surface area contributed by atoms with E-state index in [-0.39, 0.29) is 5.75 Å². The van der Waals surface area contributed by atoms with Gasteiger partial charge in [0.15, 0.2) is 11.5 Å². The molecular weight excluding hydrogens is 276 g/mol. The van der Waals surface area contributed by atoms with Gasteiger partial charge >= 0.3 is 0 Å². The van der Waals surface area contributed by atoms with Gasteiger partial charge in [0.2, 0.25) is 0 Å². The summed E-state index contributed by atoms with van der Waals surface area (Å²) in [7, 11) is 5.64. The molecule has 0 spiro atoms. The molecule has 1 N–H and O–H groups in total. The van der Waals surface area contributed by atoms with E-state index < -0.39 is 0 Å². The van der Waals surface area contributed by atoms with Crippen molar-refractivity contribution in [3.63, 3.8) is 0 Å². The van der Waals surface area contributed by atoms with Crippen molar-refractivity contribution in [3.05, 3.63) is 59.2 Å². The predicted molar refractivity (Wildman–Crippen MR) is 89.8 cm³/mol. The topological polar surface area (TPSA) is 45.1 Å². The first kappa shape index (κ1) is 16.0. The van der Waals surface area contributed by atoms with E-state index in [2.05, 4.69) is 22.0 Å². The molecule has 0 aliphatic carbocycles. The SMILES string of the molecule is COc1cccc(C=NCc2ccccc2CN(C)C)c1O. The molecule has 0 aliphatic heterocycles. The van der Waals surface area contributed by atoms with Crippen LogP contribution in [-0.4, -0.2) is 37.4 Å². The maximum atomic E-state index is 10.0. The van der Waals surface area contributed by atoms with E-state index in [1.807, 2.05) is 38.4 Å². The molecule has 0 radical (unpaired) electrons. The van der Waals surface area contributed by atoms with Crippen molar-refractivity contribution < 1.29 is 9.84 Å². The molecule has 0 heterocycles. The Morgan fingerprint density at radius 2 is 1.82 bits per heavy atom. The third-order valence-electron chi connectivity index (χ3n) is 3.35. The molecule has 0 saturated heterocycles. The van der Waals surface area contributed by atoms with Crippen LogP contribution in [0.15, 0.2) is 47.5 Å². The zero-order valence-electron chi connectivity index (χ0n) is 13.3. The van der Waals surface area contributed by atoms with Crippen LogP contribution < -0.4 is 4.74 Å². The molecule has 0 aromatic heterocycles. The molecule has 22 heavy (non-hydrogen) atoms. The average molecular weight is 298 g/mol. The van der Waals surface area contributed by atoms with E-state index in [1.54, 1.807) is 12.3 Å². The van der Waals surface area contributed by atoms with Crippen molar-refractivity contribution in [1.29, 1.82) is 0 Å². The Hall–Kier alpha value is -2.33. The summed E-state index contributed by atoms with van der Waals surface area (Å²) in [4.78, 5) is 6.59. The van der Waals surface area contributed by atoms with Gasteiger partial charge in [0.1, 0.15) is 0 Å². The molecule has 0 fully saturated rings. The van der Waals surface area contributed by atoms with Crippen molar-refractivity contribution >= 4 is 6.21 Å². The summed E-state index contributed by atoms with van der Waals surface area (Å²) in [5.74, 6) is 0.576. The van der Waals surface area contributed by atoms with E-state index >= 15 is 0 Å². The Morgan fingerprint density at radius 1 is 1.09 bits per heavy atom. The largest absolute Gasteiger partial charge is 0.504 e. The minimum Gasteiger partial charge on any atom is -0.504 e. The summed E-state index contributed by atoms with van der Waals surface area (Å²) >= 11 is 0. The lowest BCUT2D eigenvalue weighted by Gasteiger charge is -2.12. The second-order valence-corrected chi connectivity index (χ2v) is 5.37. The predicted octanol–water partition coefficient (Wildman–Crippen LogP) is 3.08. The number of methoxy groups -OCH3 is 1. The average Bonchev–Trinajstić information content (AvgIpc) is 2.50. The highest BCUT2D eigenvalue weighted by molar-refractivity contribution is 5.84. The van der Waals surface area contributed by atoms with Crippen LogP contribution in [0, 0.1) is 0 Å². The van der Waals surface area contributed by atoms with Crippen LogP contribution in [0.4, 0.5) is 0 Å². The third kappa shape index (κ3) is 4.09. The number of aromatic hydroxyl groups is 1. The van der Waals surface area contributed by atoms with E-state index in [1.165, 1.54) is 18.2 Å². The number of ether oxygens (including phenoxy) is 1. The molecule has 0 atom stereocenters. The summed E-state index contributed by atoms with van der Waals surface area (Å²) in [6.45, 7) is 1.47. The maximum absolute atomic E-state index is 10.0. The van der Waals surface area contributed by atoms with Crippen molar-refractivity contribution in [2.45, 2.75) is 13.1 Å². The van der Waals surface area contributed by atoms with Gasteiger partial charge in [0.05, 0.1) is 13.7 Å². The first-order chi connectivity index (χ1) is 10.6. The number of phenols is 1. The Bertz CT molecular complexity index is 651. The van der Waals surface area contributed by atoms with Crippen LogP contribution in [0.3, 0.4) is 0 Å². The van der Waals surface area contributed by atoms with Crippen molar-refractivity contribution in [2.75, 3.05) is 21.2 Å². The molecular formula is C18H22N2O2. The van der Waals surface area contributed by atoms with Crippen LogP contribution in [0.5, 0.6) is 11.5 Å². The summed E-state index contributed by atoms with van der Waals surface area (Å²) in [5, 5.41) is 10.0. The highest BCUT2D eigenvalue weighted by Crippen LogP contribution is 2.28. The van der Waals surface area contributed by atoms with Crippen molar-refractivity contribution in [1.82, 2.24) is 4.90 Å². The Balaban J connectivity index is 2.13. The smallest absolute Gasteiger partial charge is 0.166 e. The lowest BCUT2D eigenvalue weighted by atomic mass is 10.1. The van der Waals surface area contributed by atoms with E-state index in [0.29, 0.717) is 17.9 Å². The van der Waals surface area contributed by atoms with Gasteiger partial charge in [-0.05, 0) is 37.4 Å². The highest BCUT2D eigenvalue weighted by atomic mass is 16.5. The number of aliphatic imine (C=N–C) groups is 1. The van der Waals surface area contributed by atoms with E-state index in [4.69, 9.17) is 4.74 Å². The zero-order chi connectivity index (χ0) is 15.9. The van der Waals surface area contributed by atoms with E-state index in [9.17, 15) is 5.11 Å². The first-order valence-corrected chi connectivity index (χ1v) is 7.19. The van der Waals surface area contributed by atoms with Gasteiger partial charge in [-0.25, -0.2) is 0 Å². The quantitative estimate of drug-likeness (QED) is 0.834. The minimum atomic E-state index is 0.121. The molecule has 0 unspecified atom stereocenters. The summed E-state index contributed by atoms with van der Waals surface area (Å²) in [6.07, 6.45) is 1.68. The molecule has 116 valence electrons. The number of phenolic OH excluding ortho intramolecular Hbond substituents is 1. The normalized spacial score (nSPS) is 11.3. The summed E-state index contributed by atoms with van der Waals surface area (Å²) in [6, 6.07) is 13.6. The number of benzene rings is 2. The fraction of sp³-hybridized carbons (Fsp3) is 0.278. The van der Waals surface area contributed by atoms with Gasteiger partial charge in [-0.3, -0.25) is 4.99 Å². The van der Waals surface area contributed by atoms with Crippen LogP contribution in [-0.2, 0) is 13.1 Å². The molecule has 2 rings (SSSR count). The molecule has 2 aromatic rings. The Labute approximate surface area is 131 Å². The van der Waals surface area contributed by atoms with Crippen LogP contribution >= 0.6 is 0 Å². The molecule has 0 saturated carbocycles.